The van der Waals surface area contributed by atoms with Crippen molar-refractivity contribution in [2.75, 3.05) is 12.4 Å². The fraction of sp³-hybridized carbons (Fsp3) is 0.136. The summed E-state index contributed by atoms with van der Waals surface area (Å²) in [6.07, 6.45) is 2.02. The van der Waals surface area contributed by atoms with Crippen LogP contribution < -0.4 is 10.1 Å². The zero-order valence-corrected chi connectivity index (χ0v) is 16.4. The molecule has 2 aromatic carbocycles. The Balaban J connectivity index is 1.59. The first-order valence-electron chi connectivity index (χ1n) is 8.89. The summed E-state index contributed by atoms with van der Waals surface area (Å²) in [5.74, 6) is 0.626. The van der Waals surface area contributed by atoms with Crippen LogP contribution in [0.25, 0.3) is 20.9 Å². The number of anilines is 1. The number of hydrogen-bond donors (Lipinski definition) is 1. The molecule has 140 valence electrons. The molecule has 0 aliphatic rings. The number of carbonyl (C=O) groups is 1. The normalized spacial score (nSPS) is 10.8. The number of pyridine rings is 1. The molecule has 0 bridgehead atoms. The van der Waals surface area contributed by atoms with Gasteiger partial charge < -0.3 is 10.1 Å². The van der Waals surface area contributed by atoms with Crippen molar-refractivity contribution in [3.05, 3.63) is 71.9 Å². The molecule has 0 aliphatic carbocycles. The fourth-order valence-electron chi connectivity index (χ4n) is 3.10. The van der Waals surface area contributed by atoms with Crippen molar-refractivity contribution in [3.8, 4) is 16.3 Å². The van der Waals surface area contributed by atoms with Crippen LogP contribution in [-0.4, -0.2) is 23.0 Å². The lowest BCUT2D eigenvalue weighted by Crippen LogP contribution is -2.15. The second-order valence-electron chi connectivity index (χ2n) is 6.36. The number of benzene rings is 2. The van der Waals surface area contributed by atoms with E-state index in [-0.39, 0.29) is 12.3 Å². The third-order valence-electron chi connectivity index (χ3n) is 4.55. The van der Waals surface area contributed by atoms with Crippen LogP contribution in [-0.2, 0) is 11.2 Å². The highest BCUT2D eigenvalue weighted by atomic mass is 32.1. The molecule has 0 aliphatic heterocycles. The predicted molar refractivity (Wildman–Crippen MR) is 113 cm³/mol. The van der Waals surface area contributed by atoms with Gasteiger partial charge in [0.15, 0.2) is 0 Å². The van der Waals surface area contributed by atoms with Gasteiger partial charge in [0.1, 0.15) is 21.1 Å². The molecule has 0 saturated heterocycles. The fourth-order valence-corrected chi connectivity index (χ4v) is 4.09. The van der Waals surface area contributed by atoms with E-state index in [9.17, 15) is 4.79 Å². The molecule has 0 radical (unpaired) electrons. The van der Waals surface area contributed by atoms with Crippen molar-refractivity contribution in [3.63, 3.8) is 0 Å². The van der Waals surface area contributed by atoms with Gasteiger partial charge in [-0.15, -0.1) is 0 Å². The Hall–Kier alpha value is -3.25. The van der Waals surface area contributed by atoms with E-state index in [1.165, 1.54) is 0 Å². The van der Waals surface area contributed by atoms with E-state index in [1.807, 2.05) is 61.5 Å². The summed E-state index contributed by atoms with van der Waals surface area (Å²) >= 11 is 1.55. The minimum absolute atomic E-state index is 0.0873. The average molecular weight is 389 g/mol. The Morgan fingerprint density at radius 2 is 1.96 bits per heavy atom. The highest BCUT2D eigenvalue weighted by Gasteiger charge is 2.14. The summed E-state index contributed by atoms with van der Waals surface area (Å²) < 4.78 is 5.33. The molecule has 0 saturated carbocycles. The van der Waals surface area contributed by atoms with Crippen molar-refractivity contribution in [2.24, 2.45) is 0 Å². The van der Waals surface area contributed by atoms with Crippen LogP contribution in [0.2, 0.25) is 0 Å². The van der Waals surface area contributed by atoms with E-state index in [4.69, 9.17) is 4.74 Å². The van der Waals surface area contributed by atoms with Gasteiger partial charge in [-0.2, -0.15) is 0 Å². The van der Waals surface area contributed by atoms with Crippen LogP contribution in [0, 0.1) is 6.92 Å². The largest absolute Gasteiger partial charge is 0.496 e. The summed E-state index contributed by atoms with van der Waals surface area (Å²) in [6, 6.07) is 17.2. The van der Waals surface area contributed by atoms with E-state index in [2.05, 4.69) is 15.3 Å². The third kappa shape index (κ3) is 3.59. The molecule has 4 aromatic rings. The Morgan fingerprint density at radius 3 is 2.79 bits per heavy atom. The maximum atomic E-state index is 12.6. The number of ether oxygens (including phenoxy) is 1. The maximum absolute atomic E-state index is 12.6. The molecule has 1 amide bonds. The van der Waals surface area contributed by atoms with E-state index < -0.39 is 0 Å². The highest BCUT2D eigenvalue weighted by molar-refractivity contribution is 7.21. The first-order chi connectivity index (χ1) is 13.7. The summed E-state index contributed by atoms with van der Waals surface area (Å²) in [6.45, 7) is 1.99. The summed E-state index contributed by atoms with van der Waals surface area (Å²) in [5, 5.41) is 3.92. The molecule has 0 spiro atoms. The second kappa shape index (κ2) is 7.78. The van der Waals surface area contributed by atoms with Gasteiger partial charge in [-0.25, -0.2) is 9.97 Å². The van der Waals surface area contributed by atoms with Crippen LogP contribution in [0.15, 0.2) is 60.8 Å². The van der Waals surface area contributed by atoms with Gasteiger partial charge in [0, 0.05) is 23.0 Å². The lowest BCUT2D eigenvalue weighted by Gasteiger charge is -2.12. The molecule has 28 heavy (non-hydrogen) atoms. The summed E-state index contributed by atoms with van der Waals surface area (Å²) in [4.78, 5) is 22.6. The number of aromatic nitrogens is 2. The van der Waals surface area contributed by atoms with Gasteiger partial charge in [0.05, 0.1) is 13.5 Å². The number of carbonyl (C=O) groups excluding carboxylic acids is 1. The van der Waals surface area contributed by atoms with Crippen LogP contribution in [0.3, 0.4) is 0 Å². The highest BCUT2D eigenvalue weighted by Crippen LogP contribution is 2.33. The minimum atomic E-state index is -0.0873. The lowest BCUT2D eigenvalue weighted by atomic mass is 10.1. The first kappa shape index (κ1) is 18.1. The molecule has 1 N–H and O–H groups in total. The monoisotopic (exact) mass is 389 g/mol. The molecule has 2 heterocycles. The molecular weight excluding hydrogens is 370 g/mol. The van der Waals surface area contributed by atoms with Crippen molar-refractivity contribution < 1.29 is 9.53 Å². The quantitative estimate of drug-likeness (QED) is 0.530. The molecule has 6 heteroatoms. The number of amides is 1. The summed E-state index contributed by atoms with van der Waals surface area (Å²) in [5.41, 5.74) is 4.50. The second-order valence-corrected chi connectivity index (χ2v) is 7.34. The van der Waals surface area contributed by atoms with Gasteiger partial charge in [0.2, 0.25) is 5.91 Å². The topological polar surface area (TPSA) is 64.1 Å². The Bertz CT molecular complexity index is 1120. The molecule has 0 unspecified atom stereocenters. The minimum Gasteiger partial charge on any atom is -0.496 e. The number of methoxy groups -OCH3 is 1. The van der Waals surface area contributed by atoms with Gasteiger partial charge in [0.25, 0.3) is 0 Å². The van der Waals surface area contributed by atoms with Crippen LogP contribution >= 0.6 is 11.3 Å². The average Bonchev–Trinajstić information content (AvgIpc) is 3.14. The number of para-hydroxylation sites is 1. The van der Waals surface area contributed by atoms with Gasteiger partial charge >= 0.3 is 0 Å². The molecule has 0 atom stereocenters. The van der Waals surface area contributed by atoms with Crippen LogP contribution in [0.4, 0.5) is 5.69 Å². The van der Waals surface area contributed by atoms with Crippen molar-refractivity contribution in [1.82, 2.24) is 9.97 Å². The molecule has 4 rings (SSSR count). The molecule has 5 nitrogen and oxygen atoms in total. The third-order valence-corrected chi connectivity index (χ3v) is 5.56. The number of thiazole rings is 1. The maximum Gasteiger partial charge on any atom is 0.228 e. The van der Waals surface area contributed by atoms with Gasteiger partial charge in [-0.05, 0) is 36.8 Å². The Labute approximate surface area is 167 Å². The molecule has 2 aromatic heterocycles. The number of rotatable bonds is 5. The predicted octanol–water partition coefficient (Wildman–Crippen LogP) is 4.86. The molecule has 0 fully saturated rings. The van der Waals surface area contributed by atoms with E-state index in [0.717, 1.165) is 37.7 Å². The first-order valence-corrected chi connectivity index (χ1v) is 9.70. The van der Waals surface area contributed by atoms with Crippen molar-refractivity contribution >= 4 is 33.3 Å². The summed E-state index contributed by atoms with van der Waals surface area (Å²) in [7, 11) is 1.61. The zero-order valence-electron chi connectivity index (χ0n) is 15.6. The number of nitrogens with one attached hydrogen (secondary N) is 1. The smallest absolute Gasteiger partial charge is 0.228 e. The van der Waals surface area contributed by atoms with Crippen LogP contribution in [0.5, 0.6) is 5.75 Å². The van der Waals surface area contributed by atoms with Crippen molar-refractivity contribution in [2.45, 2.75) is 13.3 Å². The lowest BCUT2D eigenvalue weighted by molar-refractivity contribution is -0.115. The number of hydrogen-bond acceptors (Lipinski definition) is 5. The SMILES string of the molecule is COc1ccccc1CC(=O)Nc1cccc(-c2nc3cccnc3s2)c1C. The Morgan fingerprint density at radius 1 is 1.11 bits per heavy atom. The van der Waals surface area contributed by atoms with E-state index in [0.29, 0.717) is 5.75 Å². The number of fused-ring (bicyclic) bond motifs is 1. The standard InChI is InChI=1S/C22H19N3O2S/c1-14-16(21-25-18-10-6-12-23-22(18)28-21)8-5-9-17(14)24-20(26)13-15-7-3-4-11-19(15)27-2/h3-12H,13H2,1-2H3,(H,24,26). The van der Waals surface area contributed by atoms with Gasteiger partial charge in [-0.1, -0.05) is 41.7 Å². The zero-order chi connectivity index (χ0) is 19.5. The van der Waals surface area contributed by atoms with Crippen LogP contribution in [0.1, 0.15) is 11.1 Å². The van der Waals surface area contributed by atoms with Gasteiger partial charge in [-0.3, -0.25) is 4.79 Å². The number of nitrogens with zero attached hydrogens (tertiary/aromatic N) is 2. The molecular formula is C22H19N3O2S. The van der Waals surface area contributed by atoms with Crippen molar-refractivity contribution in [1.29, 1.82) is 0 Å². The Kier molecular flexibility index (Phi) is 5.04. The van der Waals surface area contributed by atoms with E-state index in [1.54, 1.807) is 24.6 Å². The van der Waals surface area contributed by atoms with E-state index >= 15 is 0 Å².